The van der Waals surface area contributed by atoms with Gasteiger partial charge in [0.15, 0.2) is 22.8 Å². The zero-order chi connectivity index (χ0) is 29.9. The predicted octanol–water partition coefficient (Wildman–Crippen LogP) is 5.12. The summed E-state index contributed by atoms with van der Waals surface area (Å²) in [5.74, 6) is -0.162. The molecule has 5 heteroatoms. The molecule has 224 valence electrons. The van der Waals surface area contributed by atoms with Crippen molar-refractivity contribution in [3.63, 3.8) is 0 Å². The fourth-order valence-electron chi connectivity index (χ4n) is 7.53. The average molecular weight is 551 g/mol. The molecule has 0 aromatic heterocycles. The Morgan fingerprint density at radius 2 is 1.35 bits per heavy atom. The molecule has 0 amide bonds. The minimum Gasteiger partial charge on any atom is -0.874 e. The third kappa shape index (κ3) is 6.85. The molecule has 0 aliphatic heterocycles. The topological polar surface area (TPSA) is 74.3 Å². The minimum atomic E-state index is -1.75. The summed E-state index contributed by atoms with van der Waals surface area (Å²) in [5, 5.41) is 14.4. The zero-order valence-electron chi connectivity index (χ0n) is 28.2. The van der Waals surface area contributed by atoms with Crippen LogP contribution < -0.4 is 24.0 Å². The Hall–Kier alpha value is -0.853. The number of ketones is 3. The Kier molecular flexibility index (Phi) is 13.5. The van der Waals surface area contributed by atoms with E-state index >= 15 is 4.79 Å². The number of carbonyl (C=O) groups is 3. The molecule has 0 N–H and O–H groups in total. The molecule has 0 aromatic carbocycles. The van der Waals surface area contributed by atoms with Gasteiger partial charge in [-0.05, 0) is 85.5 Å². The third-order valence-electron chi connectivity index (χ3n) is 10.0. The number of rotatable bonds is 15. The van der Waals surface area contributed by atoms with Gasteiger partial charge in [-0.25, -0.2) is 0 Å². The monoisotopic (exact) mass is 550 g/mol. The van der Waals surface area contributed by atoms with E-state index in [1.54, 1.807) is 0 Å². The molecule has 4 nitrogen and oxygen atoms in total. The second-order valence-electron chi connectivity index (χ2n) is 15.3. The molecule has 0 aromatic rings. The van der Waals surface area contributed by atoms with E-state index in [4.69, 9.17) is 0 Å². The maximum Gasteiger partial charge on any atom is 1.00 e. The molecule has 0 saturated heterocycles. The van der Waals surface area contributed by atoms with Gasteiger partial charge in [0.05, 0.1) is 0 Å². The summed E-state index contributed by atoms with van der Waals surface area (Å²) in [6.07, 6.45) is 7.02. The molecule has 2 bridgehead atoms. The maximum atomic E-state index is 15.0. The van der Waals surface area contributed by atoms with Gasteiger partial charge in [0.1, 0.15) is 0 Å². The molecular formula is C35H59LiO4. The SMILES string of the molecule is CC(C)CCC[C@]1(C)[C@@H](CCC(C)C)C[C@@]2(CCC(C)C)C(=O)[C@]1(C(=O)C(C)C)C(=O)C(CCC(C)C)=C2[O-].[Li+]. The van der Waals surface area contributed by atoms with Crippen LogP contribution in [0.3, 0.4) is 0 Å². The molecule has 40 heavy (non-hydrogen) atoms. The van der Waals surface area contributed by atoms with E-state index in [-0.39, 0.29) is 47.7 Å². The van der Waals surface area contributed by atoms with E-state index in [0.717, 1.165) is 32.1 Å². The van der Waals surface area contributed by atoms with Crippen LogP contribution in [0.1, 0.15) is 140 Å². The van der Waals surface area contributed by atoms with E-state index in [2.05, 4.69) is 62.3 Å². The van der Waals surface area contributed by atoms with Crippen molar-refractivity contribution >= 4 is 17.3 Å². The fourth-order valence-corrected chi connectivity index (χ4v) is 7.53. The smallest absolute Gasteiger partial charge is 0.874 e. The van der Waals surface area contributed by atoms with Crippen molar-refractivity contribution in [2.75, 3.05) is 0 Å². The maximum absolute atomic E-state index is 15.0. The van der Waals surface area contributed by atoms with Crippen LogP contribution in [-0.4, -0.2) is 17.3 Å². The van der Waals surface area contributed by atoms with E-state index in [1.165, 1.54) is 0 Å². The second kappa shape index (κ2) is 14.6. The van der Waals surface area contributed by atoms with Crippen molar-refractivity contribution < 1.29 is 38.4 Å². The van der Waals surface area contributed by atoms with E-state index in [9.17, 15) is 14.7 Å². The van der Waals surface area contributed by atoms with Gasteiger partial charge >= 0.3 is 18.9 Å². The number of fused-ring (bicyclic) bond motifs is 2. The van der Waals surface area contributed by atoms with Gasteiger partial charge in [-0.1, -0.05) is 95.4 Å². The Bertz CT molecular complexity index is 930. The van der Waals surface area contributed by atoms with Crippen LogP contribution in [0.2, 0.25) is 0 Å². The summed E-state index contributed by atoms with van der Waals surface area (Å²) in [7, 11) is 0. The number of carbonyl (C=O) groups excluding carboxylic acids is 3. The molecular weight excluding hydrogens is 491 g/mol. The summed E-state index contributed by atoms with van der Waals surface area (Å²) in [5.41, 5.74) is -3.54. The Morgan fingerprint density at radius 1 is 0.825 bits per heavy atom. The summed E-state index contributed by atoms with van der Waals surface area (Å²) < 4.78 is 0. The van der Waals surface area contributed by atoms with Crippen molar-refractivity contribution in [3.05, 3.63) is 11.3 Å². The minimum absolute atomic E-state index is 0. The average Bonchev–Trinajstić information content (AvgIpc) is 2.81. The molecule has 1 saturated carbocycles. The van der Waals surface area contributed by atoms with E-state index in [0.29, 0.717) is 55.8 Å². The van der Waals surface area contributed by atoms with Gasteiger partial charge in [0, 0.05) is 11.3 Å². The standard InChI is InChI=1S/C35H60O4.Li/c1-22(2)13-12-19-33(11)27(16-14-23(3)4)21-34(20-18-25(7)8)30(37)28(17-15-24(5)6)31(38)35(33,32(34)39)29(36)26(9)10;/h22-27,37H,12-21H2,1-11H3;/q;+1/p-1/t27-,33+,34+,35-;/m0./s1. The van der Waals surface area contributed by atoms with Crippen LogP contribution in [0, 0.1) is 51.8 Å². The second-order valence-corrected chi connectivity index (χ2v) is 15.3. The molecule has 0 radical (unpaired) electrons. The Labute approximate surface area is 258 Å². The van der Waals surface area contributed by atoms with E-state index in [1.807, 2.05) is 13.8 Å². The largest absolute Gasteiger partial charge is 1.00 e. The number of hydrogen-bond acceptors (Lipinski definition) is 4. The summed E-state index contributed by atoms with van der Waals surface area (Å²) in [6.45, 7) is 22.9. The first-order valence-electron chi connectivity index (χ1n) is 16.0. The van der Waals surface area contributed by atoms with Crippen LogP contribution in [0.25, 0.3) is 0 Å². The van der Waals surface area contributed by atoms with Gasteiger partial charge < -0.3 is 5.11 Å². The summed E-state index contributed by atoms with van der Waals surface area (Å²) in [6, 6.07) is 0. The van der Waals surface area contributed by atoms with Crippen molar-refractivity contribution in [1.29, 1.82) is 0 Å². The third-order valence-corrected chi connectivity index (χ3v) is 10.0. The first kappa shape index (κ1) is 37.2. The van der Waals surface area contributed by atoms with Crippen LogP contribution >= 0.6 is 0 Å². The first-order chi connectivity index (χ1) is 18.0. The van der Waals surface area contributed by atoms with Gasteiger partial charge in [0.2, 0.25) is 0 Å². The molecule has 2 aliphatic carbocycles. The number of Topliss-reactive ketones (excluding diaryl/α,β-unsaturated/α-hetero) is 3. The quantitative estimate of drug-likeness (QED) is 0.210. The summed E-state index contributed by atoms with van der Waals surface area (Å²) in [4.78, 5) is 44.4. The van der Waals surface area contributed by atoms with Crippen molar-refractivity contribution in [2.45, 2.75) is 140 Å². The van der Waals surface area contributed by atoms with Crippen molar-refractivity contribution in [3.8, 4) is 0 Å². The molecule has 0 spiro atoms. The molecule has 0 heterocycles. The number of hydrogen-bond donors (Lipinski definition) is 0. The molecule has 2 aliphatic rings. The van der Waals surface area contributed by atoms with Crippen LogP contribution in [0.15, 0.2) is 11.3 Å². The van der Waals surface area contributed by atoms with Gasteiger partial charge in [0.25, 0.3) is 0 Å². The van der Waals surface area contributed by atoms with Gasteiger partial charge in [-0.15, -0.1) is 5.76 Å². The van der Waals surface area contributed by atoms with E-state index < -0.39 is 27.9 Å². The summed E-state index contributed by atoms with van der Waals surface area (Å²) >= 11 is 0. The Balaban J connectivity index is 0.00000800. The Morgan fingerprint density at radius 3 is 1.82 bits per heavy atom. The van der Waals surface area contributed by atoms with Crippen LogP contribution in [0.4, 0.5) is 0 Å². The predicted molar refractivity (Wildman–Crippen MR) is 159 cm³/mol. The number of allylic oxidation sites excluding steroid dienone is 2. The zero-order valence-corrected chi connectivity index (χ0v) is 28.2. The fraction of sp³-hybridized carbons (Fsp3) is 0.857. The van der Waals surface area contributed by atoms with Crippen LogP contribution in [-0.2, 0) is 14.4 Å². The van der Waals surface area contributed by atoms with Gasteiger partial charge in [-0.3, -0.25) is 14.4 Å². The normalized spacial score (nSPS) is 28.9. The molecule has 1 fully saturated rings. The molecule has 2 rings (SSSR count). The van der Waals surface area contributed by atoms with Crippen LogP contribution in [0.5, 0.6) is 0 Å². The van der Waals surface area contributed by atoms with Crippen molar-refractivity contribution in [1.82, 2.24) is 0 Å². The van der Waals surface area contributed by atoms with Gasteiger partial charge in [-0.2, -0.15) is 0 Å². The molecule has 0 unspecified atom stereocenters. The van der Waals surface area contributed by atoms with Crippen molar-refractivity contribution in [2.24, 2.45) is 51.8 Å². The molecule has 4 atom stereocenters. The first-order valence-corrected chi connectivity index (χ1v) is 16.0.